The number of halogens is 2. The van der Waals surface area contributed by atoms with Crippen LogP contribution in [0.5, 0.6) is 0 Å². The summed E-state index contributed by atoms with van der Waals surface area (Å²) in [7, 11) is 0. The van der Waals surface area contributed by atoms with Crippen molar-refractivity contribution in [3.05, 3.63) is 60.2 Å². The molecule has 0 unspecified atom stereocenters. The number of alkyl halides is 2. The Kier molecular flexibility index (Phi) is 3.52. The smallest absolute Gasteiger partial charge is 0.196 e. The molecule has 0 atom stereocenters. The second-order valence-corrected chi connectivity index (χ2v) is 3.51. The van der Waals surface area contributed by atoms with Crippen LogP contribution in [0.3, 0.4) is 0 Å². The normalized spacial score (nSPS) is 9.82. The van der Waals surface area contributed by atoms with Gasteiger partial charge in [0.2, 0.25) is 0 Å². The molecule has 17 heavy (non-hydrogen) atoms. The van der Waals surface area contributed by atoms with E-state index in [2.05, 4.69) is 5.92 Å². The molecule has 0 spiro atoms. The van der Waals surface area contributed by atoms with Crippen molar-refractivity contribution in [1.82, 2.24) is 0 Å². The molecule has 0 saturated carbocycles. The molecule has 2 rings (SSSR count). The topological polar surface area (TPSA) is 0 Å². The average molecular weight is 228 g/mol. The van der Waals surface area contributed by atoms with Crippen LogP contribution >= 0.6 is 0 Å². The zero-order chi connectivity index (χ0) is 12.1. The minimum absolute atomic E-state index is 0.602. The fraction of sp³-hybridized carbons (Fsp3) is 0.0667. The molecule has 2 heteroatoms. The van der Waals surface area contributed by atoms with Crippen LogP contribution < -0.4 is 0 Å². The molecule has 0 aliphatic carbocycles. The largest absolute Gasteiger partial charge is 0.299 e. The molecule has 0 radical (unpaired) electrons. The first-order valence-corrected chi connectivity index (χ1v) is 5.21. The van der Waals surface area contributed by atoms with Crippen molar-refractivity contribution >= 4 is 0 Å². The van der Waals surface area contributed by atoms with Gasteiger partial charge >= 0.3 is 0 Å². The van der Waals surface area contributed by atoms with Gasteiger partial charge in [-0.2, -0.15) is 8.78 Å². The minimum atomic E-state index is -2.58. The minimum Gasteiger partial charge on any atom is -0.196 e. The van der Waals surface area contributed by atoms with Crippen molar-refractivity contribution < 1.29 is 8.78 Å². The van der Waals surface area contributed by atoms with E-state index >= 15 is 0 Å². The highest BCUT2D eigenvalue weighted by Crippen LogP contribution is 2.18. The van der Waals surface area contributed by atoms with Crippen molar-refractivity contribution in [2.45, 2.75) is 6.43 Å². The van der Waals surface area contributed by atoms with Gasteiger partial charge in [-0.05, 0) is 29.2 Å². The summed E-state index contributed by atoms with van der Waals surface area (Å²) in [6.07, 6.45) is -2.58. The van der Waals surface area contributed by atoms with Gasteiger partial charge in [-0.25, -0.2) is 0 Å². The Morgan fingerprint density at radius 2 is 1.35 bits per heavy atom. The fourth-order valence-electron chi connectivity index (χ4n) is 1.51. The number of hydrogen-bond donors (Lipinski definition) is 0. The Bertz CT molecular complexity index is 531. The lowest BCUT2D eigenvalue weighted by atomic mass is 10.0. The van der Waals surface area contributed by atoms with Gasteiger partial charge in [0.1, 0.15) is 0 Å². The first-order chi connectivity index (χ1) is 8.25. The third-order valence-electron chi connectivity index (χ3n) is 2.32. The van der Waals surface area contributed by atoms with Crippen LogP contribution in [0.1, 0.15) is 5.56 Å². The maximum absolute atomic E-state index is 11.9. The van der Waals surface area contributed by atoms with Gasteiger partial charge in [-0.15, -0.1) is 0 Å². The zero-order valence-electron chi connectivity index (χ0n) is 9.03. The molecule has 0 N–H and O–H groups in total. The average Bonchev–Trinajstić information content (AvgIpc) is 2.38. The van der Waals surface area contributed by atoms with Crippen molar-refractivity contribution in [2.75, 3.05) is 0 Å². The molecule has 0 aliphatic heterocycles. The molecule has 2 aromatic rings. The van der Waals surface area contributed by atoms with Crippen molar-refractivity contribution in [2.24, 2.45) is 0 Å². The van der Waals surface area contributed by atoms with Crippen molar-refractivity contribution in [3.63, 3.8) is 0 Å². The summed E-state index contributed by atoms with van der Waals surface area (Å²) >= 11 is 0. The highest BCUT2D eigenvalue weighted by molar-refractivity contribution is 5.64. The number of rotatable bonds is 1. The van der Waals surface area contributed by atoms with Crippen LogP contribution in [0.2, 0.25) is 0 Å². The van der Waals surface area contributed by atoms with Crippen LogP contribution in [0.15, 0.2) is 54.6 Å². The van der Waals surface area contributed by atoms with Gasteiger partial charge in [-0.1, -0.05) is 48.4 Å². The molecule has 0 aliphatic rings. The first kappa shape index (κ1) is 11.3. The lowest BCUT2D eigenvalue weighted by Gasteiger charge is -2.00. The predicted octanol–water partition coefficient (Wildman–Crippen LogP) is 3.97. The summed E-state index contributed by atoms with van der Waals surface area (Å²) in [5.74, 6) is 4.26. The van der Waals surface area contributed by atoms with Gasteiger partial charge in [0.05, 0.1) is 0 Å². The molecule has 84 valence electrons. The first-order valence-electron chi connectivity index (χ1n) is 5.21. The third-order valence-corrected chi connectivity index (χ3v) is 2.32. The molecule has 0 bridgehead atoms. The van der Waals surface area contributed by atoms with Gasteiger partial charge in [-0.3, -0.25) is 0 Å². The summed E-state index contributed by atoms with van der Waals surface area (Å²) in [4.78, 5) is 0. The summed E-state index contributed by atoms with van der Waals surface area (Å²) in [5, 5.41) is 0. The van der Waals surface area contributed by atoms with Gasteiger partial charge in [0.15, 0.2) is 0 Å². The monoisotopic (exact) mass is 228 g/mol. The van der Waals surface area contributed by atoms with E-state index in [1.54, 1.807) is 12.1 Å². The van der Waals surface area contributed by atoms with E-state index < -0.39 is 6.43 Å². The van der Waals surface area contributed by atoms with Crippen LogP contribution in [0.4, 0.5) is 8.78 Å². The summed E-state index contributed by atoms with van der Waals surface area (Å²) in [5.41, 5.74) is 2.75. The Morgan fingerprint density at radius 1 is 0.765 bits per heavy atom. The highest BCUT2D eigenvalue weighted by Gasteiger charge is 1.96. The molecule has 0 aromatic heterocycles. The Hall–Kier alpha value is -2.14. The van der Waals surface area contributed by atoms with Gasteiger partial charge < -0.3 is 0 Å². The van der Waals surface area contributed by atoms with E-state index in [0.717, 1.165) is 11.1 Å². The lowest BCUT2D eigenvalue weighted by molar-refractivity contribution is 0.215. The fourth-order valence-corrected chi connectivity index (χ4v) is 1.51. The third kappa shape index (κ3) is 3.15. The van der Waals surface area contributed by atoms with Crippen molar-refractivity contribution in [1.29, 1.82) is 0 Å². The van der Waals surface area contributed by atoms with E-state index in [4.69, 9.17) is 0 Å². The highest BCUT2D eigenvalue weighted by atomic mass is 19.3. The maximum Gasteiger partial charge on any atom is 0.299 e. The Labute approximate surface area is 98.9 Å². The maximum atomic E-state index is 11.9. The number of hydrogen-bond acceptors (Lipinski definition) is 0. The second kappa shape index (κ2) is 5.27. The van der Waals surface area contributed by atoms with E-state index in [-0.39, 0.29) is 0 Å². The number of benzene rings is 2. The van der Waals surface area contributed by atoms with Crippen LogP contribution in [0, 0.1) is 11.8 Å². The summed E-state index contributed by atoms with van der Waals surface area (Å²) < 4.78 is 23.8. The summed E-state index contributed by atoms with van der Waals surface area (Å²) in [6.45, 7) is 0. The molecular weight excluding hydrogens is 218 g/mol. The quantitative estimate of drug-likeness (QED) is 0.648. The predicted molar refractivity (Wildman–Crippen MR) is 64.8 cm³/mol. The van der Waals surface area contributed by atoms with Crippen LogP contribution in [0.25, 0.3) is 11.1 Å². The lowest BCUT2D eigenvalue weighted by Crippen LogP contribution is -1.82. The van der Waals surface area contributed by atoms with E-state index in [1.165, 1.54) is 0 Å². The van der Waals surface area contributed by atoms with Crippen LogP contribution in [-0.2, 0) is 0 Å². The Balaban J connectivity index is 2.23. The Morgan fingerprint density at radius 3 is 1.94 bits per heavy atom. The van der Waals surface area contributed by atoms with Gasteiger partial charge in [0.25, 0.3) is 6.43 Å². The van der Waals surface area contributed by atoms with E-state index in [0.29, 0.717) is 5.56 Å². The van der Waals surface area contributed by atoms with Crippen molar-refractivity contribution in [3.8, 4) is 23.0 Å². The SMILES string of the molecule is FC(F)C#Cc1ccc(-c2ccccc2)cc1. The zero-order valence-corrected chi connectivity index (χ0v) is 9.03. The van der Waals surface area contributed by atoms with E-state index in [1.807, 2.05) is 48.4 Å². The standard InChI is InChI=1S/C15H10F2/c16-15(17)11-8-12-6-9-14(10-7-12)13-4-2-1-3-5-13/h1-7,9-10,15H. The van der Waals surface area contributed by atoms with Gasteiger partial charge in [0, 0.05) is 5.56 Å². The molecule has 0 amide bonds. The van der Waals surface area contributed by atoms with Crippen LogP contribution in [-0.4, -0.2) is 6.43 Å². The molecular formula is C15H10F2. The molecule has 0 fully saturated rings. The molecule has 2 aromatic carbocycles. The van der Waals surface area contributed by atoms with E-state index in [9.17, 15) is 8.78 Å². The summed E-state index contributed by atoms with van der Waals surface area (Å²) in [6, 6.07) is 17.1. The molecule has 0 nitrogen and oxygen atoms in total. The second-order valence-electron chi connectivity index (χ2n) is 3.51. The molecule has 0 heterocycles. The molecule has 0 saturated heterocycles.